The molecule has 0 saturated heterocycles. The second-order valence-electron chi connectivity index (χ2n) is 3.24. The molecule has 2 aromatic rings. The smallest absolute Gasteiger partial charge is 0.183 e. The average Bonchev–Trinajstić information content (AvgIpc) is 2.47. The number of rotatable bonds is 4. The van der Waals surface area contributed by atoms with Gasteiger partial charge in [0.2, 0.25) is 0 Å². The zero-order valence-electron chi connectivity index (χ0n) is 9.59. The van der Waals surface area contributed by atoms with Gasteiger partial charge >= 0.3 is 0 Å². The maximum Gasteiger partial charge on any atom is 0.183 e. The van der Waals surface area contributed by atoms with Gasteiger partial charge in [0, 0.05) is 12.4 Å². The highest BCUT2D eigenvalue weighted by Gasteiger charge is 2.14. The summed E-state index contributed by atoms with van der Waals surface area (Å²) in [5.41, 5.74) is 0.525. The van der Waals surface area contributed by atoms with E-state index >= 15 is 0 Å². The van der Waals surface area contributed by atoms with E-state index in [9.17, 15) is 0 Å². The van der Waals surface area contributed by atoms with Crippen LogP contribution in [0.15, 0.2) is 52.8 Å². The summed E-state index contributed by atoms with van der Waals surface area (Å²) < 4.78 is 0. The fraction of sp³-hybridized carbons (Fsp3) is 0. The maximum atomic E-state index is 4.66. The summed E-state index contributed by atoms with van der Waals surface area (Å²) in [5.74, 6) is 1.01. The molecule has 0 radical (unpaired) electrons. The Morgan fingerprint density at radius 2 is 1.84 bits per heavy atom. The number of thiocarbonyl (C=S) groups is 2. The molecule has 2 heterocycles. The molecule has 0 fully saturated rings. The SMILES string of the molecule is S=C=Nc1cccnc1N(N=C=S)c1ccccn1. The molecule has 0 unspecified atom stereocenters. The summed E-state index contributed by atoms with van der Waals surface area (Å²) in [4.78, 5) is 12.4. The number of hydrogen-bond donors (Lipinski definition) is 0. The number of aliphatic imine (C=N–C) groups is 1. The van der Waals surface area contributed by atoms with Crippen LogP contribution in [0.1, 0.15) is 0 Å². The number of hydrazone groups is 1. The molecule has 0 bridgehead atoms. The first-order chi connectivity index (χ1) is 9.36. The Bertz CT molecular complexity index is 661. The van der Waals surface area contributed by atoms with Crippen LogP contribution in [0, 0.1) is 0 Å². The molecule has 2 aromatic heterocycles. The van der Waals surface area contributed by atoms with E-state index in [2.05, 4.69) is 54.8 Å². The summed E-state index contributed by atoms with van der Waals surface area (Å²) in [6.07, 6.45) is 3.26. The van der Waals surface area contributed by atoms with E-state index in [4.69, 9.17) is 0 Å². The summed E-state index contributed by atoms with van der Waals surface area (Å²) in [7, 11) is 0. The van der Waals surface area contributed by atoms with E-state index in [1.54, 1.807) is 36.7 Å². The molecule has 19 heavy (non-hydrogen) atoms. The lowest BCUT2D eigenvalue weighted by atomic mass is 10.3. The molecule has 7 heteroatoms. The number of pyridine rings is 2. The van der Waals surface area contributed by atoms with Crippen LogP contribution in [0.4, 0.5) is 17.3 Å². The predicted molar refractivity (Wildman–Crippen MR) is 80.3 cm³/mol. The van der Waals surface area contributed by atoms with Crippen LogP contribution in [-0.4, -0.2) is 20.3 Å². The van der Waals surface area contributed by atoms with Gasteiger partial charge in [0.15, 0.2) is 11.6 Å². The summed E-state index contributed by atoms with van der Waals surface area (Å²) in [6, 6.07) is 8.90. The highest BCUT2D eigenvalue weighted by atomic mass is 32.1. The third-order valence-corrected chi connectivity index (χ3v) is 2.31. The first kappa shape index (κ1) is 13.1. The van der Waals surface area contributed by atoms with Crippen LogP contribution in [0.5, 0.6) is 0 Å². The topological polar surface area (TPSA) is 53.7 Å². The van der Waals surface area contributed by atoms with Crippen molar-refractivity contribution in [3.8, 4) is 0 Å². The number of aromatic nitrogens is 2. The van der Waals surface area contributed by atoms with E-state index < -0.39 is 0 Å². The third kappa shape index (κ3) is 3.13. The Labute approximate surface area is 120 Å². The Kier molecular flexibility index (Phi) is 4.55. The van der Waals surface area contributed by atoms with Crippen molar-refractivity contribution in [1.82, 2.24) is 9.97 Å². The van der Waals surface area contributed by atoms with E-state index in [1.807, 2.05) is 6.07 Å². The minimum atomic E-state index is 0.455. The zero-order chi connectivity index (χ0) is 13.5. The number of anilines is 2. The summed E-state index contributed by atoms with van der Waals surface area (Å²) >= 11 is 9.27. The van der Waals surface area contributed by atoms with Gasteiger partial charge in [-0.1, -0.05) is 6.07 Å². The third-order valence-electron chi connectivity index (χ3n) is 2.14. The number of hydrogen-bond acceptors (Lipinski definition) is 7. The highest BCUT2D eigenvalue weighted by Crippen LogP contribution is 2.30. The van der Waals surface area contributed by atoms with Gasteiger partial charge in [-0.2, -0.15) is 10.0 Å². The van der Waals surface area contributed by atoms with Crippen molar-refractivity contribution in [2.45, 2.75) is 0 Å². The van der Waals surface area contributed by atoms with Crippen molar-refractivity contribution in [2.75, 3.05) is 5.01 Å². The molecule has 5 nitrogen and oxygen atoms in total. The largest absolute Gasteiger partial charge is 0.237 e. The number of nitrogens with zero attached hydrogens (tertiary/aromatic N) is 5. The average molecular weight is 285 g/mol. The van der Waals surface area contributed by atoms with Gasteiger partial charge in [-0.05, 0) is 48.7 Å². The molecule has 0 aliphatic rings. The molecular weight excluding hydrogens is 278 g/mol. The highest BCUT2D eigenvalue weighted by molar-refractivity contribution is 7.78. The summed E-state index contributed by atoms with van der Waals surface area (Å²) in [5, 5.41) is 10.0. The minimum absolute atomic E-state index is 0.455. The van der Waals surface area contributed by atoms with Crippen LogP contribution < -0.4 is 5.01 Å². The van der Waals surface area contributed by atoms with E-state index in [-0.39, 0.29) is 0 Å². The van der Waals surface area contributed by atoms with Gasteiger partial charge in [-0.3, -0.25) is 0 Å². The lowest BCUT2D eigenvalue weighted by Crippen LogP contribution is -2.11. The van der Waals surface area contributed by atoms with Crippen molar-refractivity contribution < 1.29 is 0 Å². The number of isothiocyanates is 2. The Morgan fingerprint density at radius 1 is 1.00 bits per heavy atom. The van der Waals surface area contributed by atoms with E-state index in [0.29, 0.717) is 17.3 Å². The molecule has 92 valence electrons. The molecule has 0 spiro atoms. The standard InChI is InChI=1S/C12H7N5S2/c18-8-15-10-4-3-7-14-12(10)17(16-9-19)11-5-1-2-6-13-11/h1-7H. The van der Waals surface area contributed by atoms with Crippen LogP contribution in [0.2, 0.25) is 0 Å². The Hall–Kier alpha value is -2.30. The molecule has 0 aliphatic carbocycles. The Balaban J connectivity index is 2.57. The van der Waals surface area contributed by atoms with Crippen LogP contribution >= 0.6 is 24.4 Å². The van der Waals surface area contributed by atoms with Crippen LogP contribution in [0.25, 0.3) is 0 Å². The molecular formula is C12H7N5S2. The lowest BCUT2D eigenvalue weighted by molar-refractivity contribution is 1.01. The van der Waals surface area contributed by atoms with Crippen molar-refractivity contribution in [2.24, 2.45) is 10.1 Å². The lowest BCUT2D eigenvalue weighted by Gasteiger charge is -2.16. The van der Waals surface area contributed by atoms with Gasteiger partial charge in [-0.25, -0.2) is 9.97 Å². The molecule has 0 aromatic carbocycles. The minimum Gasteiger partial charge on any atom is -0.237 e. The van der Waals surface area contributed by atoms with Crippen LogP contribution in [-0.2, 0) is 0 Å². The molecule has 0 saturated carbocycles. The fourth-order valence-corrected chi connectivity index (χ4v) is 1.60. The van der Waals surface area contributed by atoms with Crippen molar-refractivity contribution in [1.29, 1.82) is 0 Å². The maximum absolute atomic E-state index is 4.66. The monoisotopic (exact) mass is 285 g/mol. The van der Waals surface area contributed by atoms with Crippen LogP contribution in [0.3, 0.4) is 0 Å². The quantitative estimate of drug-likeness (QED) is 0.490. The molecule has 0 atom stereocenters. The van der Waals surface area contributed by atoms with Gasteiger partial charge in [0.25, 0.3) is 0 Å². The van der Waals surface area contributed by atoms with E-state index in [1.165, 1.54) is 5.01 Å². The van der Waals surface area contributed by atoms with Gasteiger partial charge in [0.05, 0.1) is 10.3 Å². The van der Waals surface area contributed by atoms with Gasteiger partial charge in [-0.15, -0.1) is 5.10 Å². The summed E-state index contributed by atoms with van der Waals surface area (Å²) in [6.45, 7) is 0. The van der Waals surface area contributed by atoms with E-state index in [0.717, 1.165) is 0 Å². The van der Waals surface area contributed by atoms with Gasteiger partial charge in [0.1, 0.15) is 5.69 Å². The molecule has 0 aliphatic heterocycles. The normalized spacial score (nSPS) is 9.05. The van der Waals surface area contributed by atoms with Crippen molar-refractivity contribution in [3.05, 3.63) is 42.7 Å². The molecule has 2 rings (SSSR count). The first-order valence-corrected chi connectivity index (χ1v) is 6.00. The first-order valence-electron chi connectivity index (χ1n) is 5.18. The van der Waals surface area contributed by atoms with Crippen molar-refractivity contribution >= 4 is 52.1 Å². The molecule has 0 N–H and O–H groups in total. The fourth-order valence-electron chi connectivity index (χ4n) is 1.42. The van der Waals surface area contributed by atoms with Crippen molar-refractivity contribution in [3.63, 3.8) is 0 Å². The predicted octanol–water partition coefficient (Wildman–Crippen LogP) is 3.37. The second kappa shape index (κ2) is 6.58. The molecule has 0 amide bonds. The zero-order valence-corrected chi connectivity index (χ0v) is 11.2. The second-order valence-corrected chi connectivity index (χ2v) is 3.61. The van der Waals surface area contributed by atoms with Gasteiger partial charge < -0.3 is 0 Å². The Morgan fingerprint density at radius 3 is 2.53 bits per heavy atom.